The van der Waals surface area contributed by atoms with E-state index in [0.717, 1.165) is 28.8 Å². The van der Waals surface area contributed by atoms with Crippen LogP contribution in [0.4, 0.5) is 4.39 Å². The van der Waals surface area contributed by atoms with Crippen LogP contribution in [-0.2, 0) is 11.2 Å². The lowest BCUT2D eigenvalue weighted by molar-refractivity contribution is 0.0524. The van der Waals surface area contributed by atoms with Gasteiger partial charge in [0.25, 0.3) is 0 Å². The van der Waals surface area contributed by atoms with E-state index in [0.29, 0.717) is 34.4 Å². The van der Waals surface area contributed by atoms with Crippen molar-refractivity contribution in [2.24, 2.45) is 0 Å². The van der Waals surface area contributed by atoms with Gasteiger partial charge >= 0.3 is 5.97 Å². The number of nitrogens with zero attached hydrogens (tertiary/aromatic N) is 1. The molecule has 32 heavy (non-hydrogen) atoms. The zero-order chi connectivity index (χ0) is 22.6. The van der Waals surface area contributed by atoms with Gasteiger partial charge in [-0.05, 0) is 56.4 Å². The molecule has 0 amide bonds. The molecule has 2 atom stereocenters. The first-order valence-electron chi connectivity index (χ1n) is 10.8. The number of aliphatic hydroxyl groups is 1. The Balaban J connectivity index is 1.73. The zero-order valence-electron chi connectivity index (χ0n) is 17.9. The minimum Gasteiger partial charge on any atom is -0.494 e. The SMILES string of the molecule is CCOC(=O)c1cn(C2CC2)c2c(OC)c(-c3cc4c(s3)C(O)C(F)CC4)ccc2c1=O. The van der Waals surface area contributed by atoms with Gasteiger partial charge in [-0.3, -0.25) is 4.79 Å². The van der Waals surface area contributed by atoms with Gasteiger partial charge in [0.2, 0.25) is 5.43 Å². The van der Waals surface area contributed by atoms with Gasteiger partial charge in [0.05, 0.1) is 24.6 Å². The summed E-state index contributed by atoms with van der Waals surface area (Å²) in [5.74, 6) is -0.0932. The molecular weight excluding hydrogens is 433 g/mol. The first-order valence-corrected chi connectivity index (χ1v) is 11.6. The van der Waals surface area contributed by atoms with Crippen LogP contribution in [0, 0.1) is 0 Å². The summed E-state index contributed by atoms with van der Waals surface area (Å²) < 4.78 is 26.9. The molecular formula is C24H24FNO5S. The Morgan fingerprint density at radius 1 is 1.31 bits per heavy atom. The Morgan fingerprint density at radius 3 is 2.78 bits per heavy atom. The predicted molar refractivity (Wildman–Crippen MR) is 120 cm³/mol. The number of aryl methyl sites for hydroxylation is 1. The van der Waals surface area contributed by atoms with E-state index in [1.807, 2.05) is 10.6 Å². The Kier molecular flexibility index (Phi) is 5.29. The third-order valence-corrected chi connectivity index (χ3v) is 7.48. The molecule has 1 N–H and O–H groups in total. The van der Waals surface area contributed by atoms with Gasteiger partial charge in [-0.2, -0.15) is 0 Å². The molecule has 0 aliphatic heterocycles. The fourth-order valence-corrected chi connectivity index (χ4v) is 5.72. The van der Waals surface area contributed by atoms with Crippen molar-refractivity contribution in [3.8, 4) is 16.2 Å². The number of aromatic nitrogens is 1. The van der Waals surface area contributed by atoms with Crippen molar-refractivity contribution < 1.29 is 23.8 Å². The van der Waals surface area contributed by atoms with Crippen LogP contribution in [0.3, 0.4) is 0 Å². The van der Waals surface area contributed by atoms with Gasteiger partial charge in [0, 0.05) is 27.6 Å². The molecule has 5 rings (SSSR count). The number of methoxy groups -OCH3 is 1. The quantitative estimate of drug-likeness (QED) is 0.568. The second kappa shape index (κ2) is 8.01. The summed E-state index contributed by atoms with van der Waals surface area (Å²) in [5.41, 5.74) is 2.00. The Morgan fingerprint density at radius 2 is 2.09 bits per heavy atom. The van der Waals surface area contributed by atoms with Crippen LogP contribution in [0.2, 0.25) is 0 Å². The van der Waals surface area contributed by atoms with Gasteiger partial charge in [0.15, 0.2) is 5.75 Å². The largest absolute Gasteiger partial charge is 0.494 e. The number of carbonyl (C=O) groups is 1. The summed E-state index contributed by atoms with van der Waals surface area (Å²) in [6.45, 7) is 1.90. The number of pyridine rings is 1. The molecule has 2 aliphatic rings. The van der Waals surface area contributed by atoms with Crippen LogP contribution in [0.25, 0.3) is 21.3 Å². The summed E-state index contributed by atoms with van der Waals surface area (Å²) in [7, 11) is 1.55. The lowest BCUT2D eigenvalue weighted by Gasteiger charge is -2.21. The second-order valence-corrected chi connectivity index (χ2v) is 9.36. The van der Waals surface area contributed by atoms with Crippen molar-refractivity contribution in [3.05, 3.63) is 50.6 Å². The third kappa shape index (κ3) is 3.33. The van der Waals surface area contributed by atoms with Crippen molar-refractivity contribution in [1.29, 1.82) is 0 Å². The number of rotatable bonds is 5. The molecule has 2 aliphatic carbocycles. The standard InChI is InChI=1S/C24H24FNO5S/c1-3-31-24(29)16-11-26(13-5-6-13)19-15(20(16)27)8-7-14(22(19)30-2)18-10-12-4-9-17(25)21(28)23(12)32-18/h7-8,10-11,13,17,21,28H,3-6,9H2,1-2H3. The van der Waals surface area contributed by atoms with E-state index in [1.54, 1.807) is 32.4 Å². The topological polar surface area (TPSA) is 77.8 Å². The average Bonchev–Trinajstić information content (AvgIpc) is 3.54. The first-order chi connectivity index (χ1) is 15.4. The maximum atomic E-state index is 14.0. The highest BCUT2D eigenvalue weighted by Gasteiger charge is 2.32. The predicted octanol–water partition coefficient (Wildman–Crippen LogP) is 4.57. The molecule has 168 valence electrons. The smallest absolute Gasteiger partial charge is 0.343 e. The van der Waals surface area contributed by atoms with Gasteiger partial charge in [-0.1, -0.05) is 0 Å². The van der Waals surface area contributed by atoms with Crippen LogP contribution in [0.1, 0.15) is 59.1 Å². The number of fused-ring (bicyclic) bond motifs is 2. The molecule has 0 saturated heterocycles. The summed E-state index contributed by atoms with van der Waals surface area (Å²) in [4.78, 5) is 27.1. The van der Waals surface area contributed by atoms with Gasteiger partial charge in [-0.25, -0.2) is 9.18 Å². The van der Waals surface area contributed by atoms with Gasteiger partial charge in [-0.15, -0.1) is 11.3 Å². The maximum absolute atomic E-state index is 14.0. The molecule has 2 unspecified atom stereocenters. The molecule has 0 bridgehead atoms. The normalized spacial score (nSPS) is 20.2. The van der Waals surface area contributed by atoms with E-state index in [9.17, 15) is 19.1 Å². The number of hydrogen-bond acceptors (Lipinski definition) is 6. The maximum Gasteiger partial charge on any atom is 0.343 e. The number of thiophene rings is 1. The zero-order valence-corrected chi connectivity index (χ0v) is 18.7. The number of esters is 1. The van der Waals surface area contributed by atoms with Crippen molar-refractivity contribution in [1.82, 2.24) is 4.57 Å². The van der Waals surface area contributed by atoms with Crippen molar-refractivity contribution in [2.75, 3.05) is 13.7 Å². The van der Waals surface area contributed by atoms with E-state index in [4.69, 9.17) is 9.47 Å². The second-order valence-electron chi connectivity index (χ2n) is 8.27. The van der Waals surface area contributed by atoms with Gasteiger partial charge in [0.1, 0.15) is 17.8 Å². The van der Waals surface area contributed by atoms with Crippen LogP contribution < -0.4 is 10.2 Å². The summed E-state index contributed by atoms with van der Waals surface area (Å²) in [6.07, 6.45) is 2.00. The molecule has 1 aromatic carbocycles. The van der Waals surface area contributed by atoms with Crippen LogP contribution >= 0.6 is 11.3 Å². The molecule has 6 nitrogen and oxygen atoms in total. The highest BCUT2D eigenvalue weighted by Crippen LogP contribution is 2.47. The minimum absolute atomic E-state index is 0.0183. The molecule has 3 aromatic rings. The van der Waals surface area contributed by atoms with E-state index in [1.165, 1.54) is 11.3 Å². The number of hydrogen-bond donors (Lipinski definition) is 1. The number of carbonyl (C=O) groups excluding carboxylic acids is 1. The highest BCUT2D eigenvalue weighted by atomic mass is 32.1. The van der Waals surface area contributed by atoms with Crippen LogP contribution in [0.15, 0.2) is 29.2 Å². The summed E-state index contributed by atoms with van der Waals surface area (Å²) in [6, 6.07) is 5.67. The van der Waals surface area contributed by atoms with Gasteiger partial charge < -0.3 is 19.1 Å². The summed E-state index contributed by atoms with van der Waals surface area (Å²) >= 11 is 1.36. The van der Waals surface area contributed by atoms with Crippen molar-refractivity contribution >= 4 is 28.2 Å². The van der Waals surface area contributed by atoms with Crippen LogP contribution in [-0.4, -0.2) is 35.5 Å². The van der Waals surface area contributed by atoms with Crippen molar-refractivity contribution in [3.63, 3.8) is 0 Å². The molecule has 0 spiro atoms. The minimum atomic E-state index is -1.26. The number of aliphatic hydroxyl groups excluding tert-OH is 1. The first kappa shape index (κ1) is 21.2. The lowest BCUT2D eigenvalue weighted by Crippen LogP contribution is -2.21. The molecule has 1 saturated carbocycles. The highest BCUT2D eigenvalue weighted by molar-refractivity contribution is 7.15. The van der Waals surface area contributed by atoms with E-state index >= 15 is 0 Å². The monoisotopic (exact) mass is 457 g/mol. The Hall–Kier alpha value is -2.71. The molecule has 2 aromatic heterocycles. The lowest BCUT2D eigenvalue weighted by atomic mass is 9.94. The molecule has 1 fully saturated rings. The van der Waals surface area contributed by atoms with E-state index in [2.05, 4.69) is 0 Å². The third-order valence-electron chi connectivity index (χ3n) is 6.19. The van der Waals surface area contributed by atoms with Crippen molar-refractivity contribution in [2.45, 2.75) is 50.9 Å². The number of alkyl halides is 1. The fraction of sp³-hybridized carbons (Fsp3) is 0.417. The Labute approximate surface area is 188 Å². The number of ether oxygens (including phenoxy) is 2. The molecule has 2 heterocycles. The molecule has 0 radical (unpaired) electrons. The summed E-state index contributed by atoms with van der Waals surface area (Å²) in [5, 5.41) is 10.7. The number of benzene rings is 1. The number of halogens is 1. The molecule has 8 heteroatoms. The fourth-order valence-electron chi connectivity index (χ4n) is 4.45. The Bertz CT molecular complexity index is 1280. The van der Waals surface area contributed by atoms with E-state index in [-0.39, 0.29) is 23.6 Å². The van der Waals surface area contributed by atoms with E-state index < -0.39 is 18.2 Å². The average molecular weight is 458 g/mol. The van der Waals surface area contributed by atoms with Crippen LogP contribution in [0.5, 0.6) is 5.75 Å².